The van der Waals surface area contributed by atoms with E-state index >= 15 is 0 Å². The van der Waals surface area contributed by atoms with Crippen molar-refractivity contribution in [3.8, 4) is 0 Å². The van der Waals surface area contributed by atoms with Crippen LogP contribution in [0.3, 0.4) is 0 Å². The zero-order valence-corrected chi connectivity index (χ0v) is 6.18. The Morgan fingerprint density at radius 1 is 0.818 bits per heavy atom. The first-order valence-corrected chi connectivity index (χ1v) is 2.77. The molecule has 0 saturated carbocycles. The second-order valence-electron chi connectivity index (χ2n) is 1.82. The summed E-state index contributed by atoms with van der Waals surface area (Å²) >= 11 is 0. The third kappa shape index (κ3) is 2.24. The predicted molar refractivity (Wildman–Crippen MR) is 39.0 cm³/mol. The summed E-state index contributed by atoms with van der Waals surface area (Å²) in [6.45, 7) is 2.81. The molecule has 0 aliphatic rings. The third-order valence-corrected chi connectivity index (χ3v) is 1.09. The summed E-state index contributed by atoms with van der Waals surface area (Å²) in [5.74, 6) is 0. The molecule has 0 bridgehead atoms. The van der Waals surface area contributed by atoms with Gasteiger partial charge < -0.3 is 15.6 Å². The van der Waals surface area contributed by atoms with Gasteiger partial charge in [0.2, 0.25) is 0 Å². The average molecular weight is 159 g/mol. The molecule has 0 aromatic rings. The molecular weight excluding hydrogens is 150 g/mol. The number of hydrogen-bond donors (Lipinski definition) is 3. The van der Waals surface area contributed by atoms with Crippen molar-refractivity contribution >= 4 is 17.1 Å². The summed E-state index contributed by atoms with van der Waals surface area (Å²) in [7, 11) is 0. The van der Waals surface area contributed by atoms with Gasteiger partial charge in [-0.2, -0.15) is 0 Å². The molecule has 0 heterocycles. The molecule has 0 atom stereocenters. The number of hydrogen-bond acceptors (Lipinski definition) is 6. The van der Waals surface area contributed by atoms with E-state index in [1.54, 1.807) is 0 Å². The normalized spacial score (nSPS) is 15.3. The first-order chi connectivity index (χ1) is 5.17. The van der Waals surface area contributed by atoms with Crippen molar-refractivity contribution in [1.29, 1.82) is 0 Å². The van der Waals surface area contributed by atoms with Gasteiger partial charge in [0.15, 0.2) is 5.71 Å². The molecule has 0 fully saturated rings. The van der Waals surface area contributed by atoms with E-state index in [-0.39, 0.29) is 17.1 Å². The van der Waals surface area contributed by atoms with Crippen LogP contribution in [0.15, 0.2) is 15.5 Å². The van der Waals surface area contributed by atoms with Crippen LogP contribution in [0.4, 0.5) is 0 Å². The highest BCUT2D eigenvalue weighted by Gasteiger charge is 2.09. The summed E-state index contributed by atoms with van der Waals surface area (Å²) in [6, 6.07) is 0. The molecule has 3 N–H and O–H groups in total. The van der Waals surface area contributed by atoms with E-state index in [1.807, 2.05) is 0 Å². The number of oxime groups is 3. The van der Waals surface area contributed by atoms with Crippen LogP contribution in [0.2, 0.25) is 0 Å². The summed E-state index contributed by atoms with van der Waals surface area (Å²) in [5, 5.41) is 33.1. The fourth-order valence-corrected chi connectivity index (χ4v) is 0.501. The molecule has 0 amide bonds. The van der Waals surface area contributed by atoms with Crippen molar-refractivity contribution < 1.29 is 15.6 Å². The molecule has 0 aromatic carbocycles. The third-order valence-electron chi connectivity index (χ3n) is 1.09. The van der Waals surface area contributed by atoms with Crippen LogP contribution >= 0.6 is 0 Å². The zero-order chi connectivity index (χ0) is 8.85. The van der Waals surface area contributed by atoms with Crippen LogP contribution in [0, 0.1) is 0 Å². The Balaban J connectivity index is 4.72. The van der Waals surface area contributed by atoms with E-state index in [2.05, 4.69) is 15.5 Å². The van der Waals surface area contributed by atoms with Crippen molar-refractivity contribution in [3.05, 3.63) is 0 Å². The monoisotopic (exact) mass is 159 g/mol. The average Bonchev–Trinajstić information content (AvgIpc) is 2.05. The smallest absolute Gasteiger partial charge is 0.151 e. The largest absolute Gasteiger partial charge is 0.411 e. The Labute approximate surface area is 63.1 Å². The van der Waals surface area contributed by atoms with Crippen molar-refractivity contribution in [2.45, 2.75) is 13.8 Å². The second-order valence-corrected chi connectivity index (χ2v) is 1.82. The first-order valence-electron chi connectivity index (χ1n) is 2.77. The Bertz CT molecular complexity index is 199. The van der Waals surface area contributed by atoms with Crippen LogP contribution < -0.4 is 0 Å². The lowest BCUT2D eigenvalue weighted by molar-refractivity contribution is 0.311. The minimum absolute atomic E-state index is 0.0602. The number of nitrogens with zero attached hydrogens (tertiary/aromatic N) is 3. The molecule has 0 rings (SSSR count). The van der Waals surface area contributed by atoms with Gasteiger partial charge in [0, 0.05) is 0 Å². The fourth-order valence-electron chi connectivity index (χ4n) is 0.501. The maximum Gasteiger partial charge on any atom is 0.151 e. The topological polar surface area (TPSA) is 97.8 Å². The van der Waals surface area contributed by atoms with Crippen molar-refractivity contribution in [2.75, 3.05) is 0 Å². The standard InChI is InChI=1S/C5H9N3O3/c1-3(6-9)5(8-11)4(2)7-10/h9-11H,1-2H3/b6-3+,7-4?,8-5?. The summed E-state index contributed by atoms with van der Waals surface area (Å²) in [4.78, 5) is 0. The van der Waals surface area contributed by atoms with Crippen molar-refractivity contribution in [1.82, 2.24) is 0 Å². The molecule has 0 aromatic heterocycles. The maximum atomic E-state index is 8.33. The summed E-state index contributed by atoms with van der Waals surface area (Å²) in [6.07, 6.45) is 0. The van der Waals surface area contributed by atoms with Gasteiger partial charge in [0.25, 0.3) is 0 Å². The molecule has 11 heavy (non-hydrogen) atoms. The molecule has 0 unspecified atom stereocenters. The van der Waals surface area contributed by atoms with Crippen molar-refractivity contribution in [3.63, 3.8) is 0 Å². The van der Waals surface area contributed by atoms with Gasteiger partial charge in [-0.15, -0.1) is 0 Å². The van der Waals surface area contributed by atoms with Gasteiger partial charge in [0.1, 0.15) is 11.4 Å². The van der Waals surface area contributed by atoms with Crippen LogP contribution in [0.5, 0.6) is 0 Å². The lowest BCUT2D eigenvalue weighted by Crippen LogP contribution is -2.19. The van der Waals surface area contributed by atoms with Gasteiger partial charge in [-0.1, -0.05) is 15.5 Å². The van der Waals surface area contributed by atoms with E-state index in [9.17, 15) is 0 Å². The molecule has 62 valence electrons. The van der Waals surface area contributed by atoms with Gasteiger partial charge in [-0.05, 0) is 13.8 Å². The van der Waals surface area contributed by atoms with E-state index in [1.165, 1.54) is 13.8 Å². The van der Waals surface area contributed by atoms with E-state index in [0.29, 0.717) is 0 Å². The van der Waals surface area contributed by atoms with E-state index in [0.717, 1.165) is 0 Å². The van der Waals surface area contributed by atoms with Gasteiger partial charge >= 0.3 is 0 Å². The van der Waals surface area contributed by atoms with Crippen LogP contribution in [0.1, 0.15) is 13.8 Å². The molecule has 0 saturated heterocycles. The first kappa shape index (κ1) is 9.41. The minimum Gasteiger partial charge on any atom is -0.411 e. The van der Waals surface area contributed by atoms with Crippen molar-refractivity contribution in [2.24, 2.45) is 15.5 Å². The molecule has 6 heteroatoms. The summed E-state index contributed by atoms with van der Waals surface area (Å²) < 4.78 is 0. The Kier molecular flexibility index (Phi) is 3.65. The number of rotatable bonds is 2. The van der Waals surface area contributed by atoms with Gasteiger partial charge in [-0.25, -0.2) is 0 Å². The maximum absolute atomic E-state index is 8.33. The Morgan fingerprint density at radius 2 is 1.18 bits per heavy atom. The predicted octanol–water partition coefficient (Wildman–Crippen LogP) is 0.517. The summed E-state index contributed by atoms with van der Waals surface area (Å²) in [5.41, 5.74) is 0.0839. The van der Waals surface area contributed by atoms with Gasteiger partial charge in [0.05, 0.1) is 0 Å². The fraction of sp³-hybridized carbons (Fsp3) is 0.400. The highest BCUT2D eigenvalue weighted by molar-refractivity contribution is 6.67. The van der Waals surface area contributed by atoms with Crippen LogP contribution in [-0.4, -0.2) is 32.8 Å². The second kappa shape index (κ2) is 4.26. The molecule has 0 radical (unpaired) electrons. The van der Waals surface area contributed by atoms with Crippen LogP contribution in [-0.2, 0) is 0 Å². The molecule has 0 aliphatic carbocycles. The van der Waals surface area contributed by atoms with Gasteiger partial charge in [-0.3, -0.25) is 0 Å². The highest BCUT2D eigenvalue weighted by atomic mass is 16.4. The Morgan fingerprint density at radius 3 is 1.36 bits per heavy atom. The zero-order valence-electron chi connectivity index (χ0n) is 6.18. The molecular formula is C5H9N3O3. The SMILES string of the molecule is CC(=NO)C(=NO)/C(C)=N/O. The van der Waals surface area contributed by atoms with E-state index < -0.39 is 0 Å². The highest BCUT2D eigenvalue weighted by Crippen LogP contribution is 1.87. The quantitative estimate of drug-likeness (QED) is 0.311. The minimum atomic E-state index is -0.0602. The lowest BCUT2D eigenvalue weighted by Gasteiger charge is -1.97. The van der Waals surface area contributed by atoms with Crippen LogP contribution in [0.25, 0.3) is 0 Å². The Hall–Kier alpha value is -1.59. The lowest BCUT2D eigenvalue weighted by atomic mass is 10.2. The molecule has 6 nitrogen and oxygen atoms in total. The molecule has 0 aliphatic heterocycles. The van der Waals surface area contributed by atoms with E-state index in [4.69, 9.17) is 15.6 Å². The molecule has 0 spiro atoms.